The number of nitrogens with one attached hydrogen (secondary N) is 1. The molecule has 0 unspecified atom stereocenters. The lowest BCUT2D eigenvalue weighted by Crippen LogP contribution is -2.24. The van der Waals surface area contributed by atoms with Crippen LogP contribution >= 0.6 is 0 Å². The van der Waals surface area contributed by atoms with Crippen LogP contribution in [-0.4, -0.2) is 17.6 Å². The highest BCUT2D eigenvalue weighted by Gasteiger charge is 2.14. The fourth-order valence-corrected chi connectivity index (χ4v) is 2.59. The van der Waals surface area contributed by atoms with E-state index in [4.69, 9.17) is 0 Å². The number of benzene rings is 3. The van der Waals surface area contributed by atoms with E-state index in [1.165, 1.54) is 0 Å². The molecule has 106 valence electrons. The van der Waals surface area contributed by atoms with Gasteiger partial charge in [0.2, 0.25) is 0 Å². The Hall–Kier alpha value is -2.55. The molecular formula is C18H17NO2. The molecule has 0 saturated carbocycles. The lowest BCUT2D eigenvalue weighted by Gasteiger charge is -2.10. The van der Waals surface area contributed by atoms with Crippen LogP contribution in [0.2, 0.25) is 0 Å². The van der Waals surface area contributed by atoms with E-state index >= 15 is 0 Å². The molecule has 0 heterocycles. The fraction of sp³-hybridized carbons (Fsp3) is 0.167. The first-order valence-electron chi connectivity index (χ1n) is 7.14. The van der Waals surface area contributed by atoms with Crippen molar-refractivity contribution in [2.24, 2.45) is 0 Å². The summed E-state index contributed by atoms with van der Waals surface area (Å²) in [5.41, 5.74) is 0.325. The van der Waals surface area contributed by atoms with Crippen molar-refractivity contribution >= 4 is 27.5 Å². The van der Waals surface area contributed by atoms with Crippen LogP contribution in [0.5, 0.6) is 5.75 Å². The van der Waals surface area contributed by atoms with Gasteiger partial charge in [0.25, 0.3) is 5.91 Å². The van der Waals surface area contributed by atoms with Gasteiger partial charge in [-0.05, 0) is 34.7 Å². The van der Waals surface area contributed by atoms with Crippen molar-refractivity contribution in [2.45, 2.75) is 13.3 Å². The van der Waals surface area contributed by atoms with Gasteiger partial charge in [0.15, 0.2) is 0 Å². The van der Waals surface area contributed by atoms with Crippen LogP contribution in [0.4, 0.5) is 0 Å². The molecule has 3 heteroatoms. The van der Waals surface area contributed by atoms with Crippen LogP contribution in [-0.2, 0) is 0 Å². The molecule has 0 bridgehead atoms. The summed E-state index contributed by atoms with van der Waals surface area (Å²) in [6.45, 7) is 2.60. The Morgan fingerprint density at radius 1 is 1.00 bits per heavy atom. The van der Waals surface area contributed by atoms with Crippen LogP contribution < -0.4 is 5.32 Å². The van der Waals surface area contributed by atoms with Crippen molar-refractivity contribution in [1.29, 1.82) is 0 Å². The van der Waals surface area contributed by atoms with E-state index in [2.05, 4.69) is 5.32 Å². The van der Waals surface area contributed by atoms with Gasteiger partial charge >= 0.3 is 0 Å². The van der Waals surface area contributed by atoms with Gasteiger partial charge in [-0.2, -0.15) is 0 Å². The largest absolute Gasteiger partial charge is 0.506 e. The first-order valence-corrected chi connectivity index (χ1v) is 7.14. The van der Waals surface area contributed by atoms with Crippen LogP contribution in [0.3, 0.4) is 0 Å². The molecule has 0 aliphatic rings. The van der Waals surface area contributed by atoms with Gasteiger partial charge in [0.05, 0.1) is 5.56 Å². The van der Waals surface area contributed by atoms with E-state index in [-0.39, 0.29) is 11.7 Å². The third-order valence-electron chi connectivity index (χ3n) is 3.68. The Kier molecular flexibility index (Phi) is 3.48. The lowest BCUT2D eigenvalue weighted by molar-refractivity contribution is 0.0951. The fourth-order valence-electron chi connectivity index (χ4n) is 2.59. The minimum absolute atomic E-state index is 0.0480. The second-order valence-electron chi connectivity index (χ2n) is 5.10. The number of phenolic OH excluding ortho intramolecular Hbond substituents is 1. The summed E-state index contributed by atoms with van der Waals surface area (Å²) in [6, 6.07) is 15.4. The number of fused-ring (bicyclic) bond motifs is 3. The monoisotopic (exact) mass is 279 g/mol. The Morgan fingerprint density at radius 3 is 2.57 bits per heavy atom. The maximum atomic E-state index is 12.1. The average Bonchev–Trinajstić information content (AvgIpc) is 2.52. The number of rotatable bonds is 3. The molecule has 0 aliphatic heterocycles. The zero-order valence-electron chi connectivity index (χ0n) is 11.9. The summed E-state index contributed by atoms with van der Waals surface area (Å²) < 4.78 is 0. The maximum Gasteiger partial charge on any atom is 0.255 e. The highest BCUT2D eigenvalue weighted by Crippen LogP contribution is 2.33. The standard InChI is InChI=1S/C18H17NO2/c1-2-11-19-18(21)16-10-9-14-13-6-4-3-5-12(13)7-8-15(14)17(16)20/h3-10,20H,2,11H2,1H3,(H,19,21). The molecule has 0 atom stereocenters. The van der Waals surface area contributed by atoms with Crippen molar-refractivity contribution in [1.82, 2.24) is 5.32 Å². The summed E-state index contributed by atoms with van der Waals surface area (Å²) in [5, 5.41) is 17.1. The number of amides is 1. The summed E-state index contributed by atoms with van der Waals surface area (Å²) in [4.78, 5) is 12.1. The first kappa shape index (κ1) is 13.4. The van der Waals surface area contributed by atoms with E-state index in [1.807, 2.05) is 49.4 Å². The van der Waals surface area contributed by atoms with Crippen molar-refractivity contribution in [2.75, 3.05) is 6.54 Å². The van der Waals surface area contributed by atoms with E-state index in [0.29, 0.717) is 17.5 Å². The van der Waals surface area contributed by atoms with Crippen molar-refractivity contribution < 1.29 is 9.90 Å². The molecule has 21 heavy (non-hydrogen) atoms. The molecule has 0 aromatic heterocycles. The topological polar surface area (TPSA) is 49.3 Å². The summed E-state index contributed by atoms with van der Waals surface area (Å²) in [7, 11) is 0. The molecule has 1 amide bonds. The number of hydrogen-bond donors (Lipinski definition) is 2. The summed E-state index contributed by atoms with van der Waals surface area (Å²) in [5.74, 6) is -0.184. The Labute approximate surface area is 123 Å². The number of phenols is 1. The second-order valence-corrected chi connectivity index (χ2v) is 5.10. The van der Waals surface area contributed by atoms with Gasteiger partial charge in [-0.3, -0.25) is 4.79 Å². The molecule has 0 saturated heterocycles. The second kappa shape index (κ2) is 5.44. The predicted octanol–water partition coefficient (Wildman–Crippen LogP) is 3.84. The molecule has 0 radical (unpaired) electrons. The molecular weight excluding hydrogens is 262 g/mol. The molecule has 0 aliphatic carbocycles. The van der Waals surface area contributed by atoms with E-state index in [1.54, 1.807) is 6.07 Å². The van der Waals surface area contributed by atoms with Crippen molar-refractivity contribution in [3.05, 3.63) is 54.1 Å². The van der Waals surface area contributed by atoms with Crippen LogP contribution in [0, 0.1) is 0 Å². The Morgan fingerprint density at radius 2 is 1.76 bits per heavy atom. The number of hydrogen-bond acceptors (Lipinski definition) is 2. The van der Waals surface area contributed by atoms with Gasteiger partial charge < -0.3 is 10.4 Å². The van der Waals surface area contributed by atoms with Gasteiger partial charge in [0, 0.05) is 11.9 Å². The van der Waals surface area contributed by atoms with E-state index in [9.17, 15) is 9.90 Å². The van der Waals surface area contributed by atoms with Crippen LogP contribution in [0.1, 0.15) is 23.7 Å². The molecule has 3 aromatic rings. The maximum absolute atomic E-state index is 12.1. The minimum atomic E-state index is -0.232. The zero-order valence-corrected chi connectivity index (χ0v) is 11.9. The predicted molar refractivity (Wildman–Crippen MR) is 85.7 cm³/mol. The lowest BCUT2D eigenvalue weighted by atomic mass is 9.99. The normalized spacial score (nSPS) is 10.9. The SMILES string of the molecule is CCCNC(=O)c1ccc2c(ccc3ccccc32)c1O. The van der Waals surface area contributed by atoms with Crippen LogP contribution in [0.25, 0.3) is 21.5 Å². The quantitative estimate of drug-likeness (QED) is 0.716. The summed E-state index contributed by atoms with van der Waals surface area (Å²) in [6.07, 6.45) is 0.866. The summed E-state index contributed by atoms with van der Waals surface area (Å²) >= 11 is 0. The first-order chi connectivity index (χ1) is 10.2. The zero-order chi connectivity index (χ0) is 14.8. The third kappa shape index (κ3) is 2.31. The Bertz CT molecular complexity index is 824. The molecule has 0 fully saturated rings. The number of carbonyl (C=O) groups is 1. The molecule has 3 aromatic carbocycles. The van der Waals surface area contributed by atoms with Gasteiger partial charge in [-0.15, -0.1) is 0 Å². The smallest absolute Gasteiger partial charge is 0.255 e. The minimum Gasteiger partial charge on any atom is -0.506 e. The molecule has 3 rings (SSSR count). The van der Waals surface area contributed by atoms with Crippen molar-refractivity contribution in [3.63, 3.8) is 0 Å². The van der Waals surface area contributed by atoms with Gasteiger partial charge in [-0.25, -0.2) is 0 Å². The van der Waals surface area contributed by atoms with Crippen molar-refractivity contribution in [3.8, 4) is 5.75 Å². The highest BCUT2D eigenvalue weighted by molar-refractivity contribution is 6.12. The van der Waals surface area contributed by atoms with Gasteiger partial charge in [0.1, 0.15) is 5.75 Å². The molecule has 3 nitrogen and oxygen atoms in total. The molecule has 2 N–H and O–H groups in total. The Balaban J connectivity index is 2.17. The van der Waals surface area contributed by atoms with Gasteiger partial charge in [-0.1, -0.05) is 43.3 Å². The van der Waals surface area contributed by atoms with E-state index < -0.39 is 0 Å². The third-order valence-corrected chi connectivity index (χ3v) is 3.68. The average molecular weight is 279 g/mol. The number of carbonyl (C=O) groups excluding carboxylic acids is 1. The number of aromatic hydroxyl groups is 1. The van der Waals surface area contributed by atoms with Crippen LogP contribution in [0.15, 0.2) is 48.5 Å². The molecule has 0 spiro atoms. The highest BCUT2D eigenvalue weighted by atomic mass is 16.3. The van der Waals surface area contributed by atoms with E-state index in [0.717, 1.165) is 22.6 Å².